The number of amides is 1. The second-order valence-corrected chi connectivity index (χ2v) is 5.03. The third kappa shape index (κ3) is 4.49. The minimum atomic E-state index is 0.00204. The zero-order valence-corrected chi connectivity index (χ0v) is 11.2. The summed E-state index contributed by atoms with van der Waals surface area (Å²) in [5.41, 5.74) is 1.00. The molecule has 0 bridgehead atoms. The van der Waals surface area contributed by atoms with Gasteiger partial charge in [-0.1, -0.05) is 0 Å². The molecule has 1 unspecified atom stereocenters. The van der Waals surface area contributed by atoms with E-state index in [9.17, 15) is 4.79 Å². The summed E-state index contributed by atoms with van der Waals surface area (Å²) in [6, 6.07) is 0.00204. The van der Waals surface area contributed by atoms with Gasteiger partial charge in [-0.3, -0.25) is 4.79 Å². The average molecular weight is 261 g/mol. The van der Waals surface area contributed by atoms with E-state index in [1.807, 2.05) is 19.2 Å². The van der Waals surface area contributed by atoms with E-state index in [1.54, 1.807) is 11.3 Å². The molecule has 0 aliphatic carbocycles. The van der Waals surface area contributed by atoms with E-state index in [4.69, 9.17) is 11.6 Å². The van der Waals surface area contributed by atoms with Gasteiger partial charge in [0.1, 0.15) is 5.01 Å². The van der Waals surface area contributed by atoms with Gasteiger partial charge in [-0.25, -0.2) is 4.98 Å². The van der Waals surface area contributed by atoms with Crippen molar-refractivity contribution in [2.24, 2.45) is 0 Å². The van der Waals surface area contributed by atoms with Crippen molar-refractivity contribution in [3.05, 3.63) is 16.1 Å². The van der Waals surface area contributed by atoms with E-state index < -0.39 is 0 Å². The Kier molecular flexibility index (Phi) is 5.77. The second-order valence-electron chi connectivity index (χ2n) is 3.76. The predicted molar refractivity (Wildman–Crippen MR) is 68.0 cm³/mol. The SMILES string of the molecule is Cc1csc(C(C)NC(=O)CCCCCl)n1. The molecule has 3 nitrogen and oxygen atoms in total. The molecule has 0 saturated carbocycles. The summed E-state index contributed by atoms with van der Waals surface area (Å²) in [6.45, 7) is 3.91. The van der Waals surface area contributed by atoms with Crippen molar-refractivity contribution >= 4 is 28.8 Å². The number of thiazole rings is 1. The first-order valence-corrected chi connectivity index (χ1v) is 6.82. The van der Waals surface area contributed by atoms with Crippen molar-refractivity contribution in [3.63, 3.8) is 0 Å². The molecular weight excluding hydrogens is 244 g/mol. The number of halogens is 1. The first-order chi connectivity index (χ1) is 7.63. The minimum Gasteiger partial charge on any atom is -0.347 e. The second kappa shape index (κ2) is 6.86. The van der Waals surface area contributed by atoms with Crippen molar-refractivity contribution in [2.75, 3.05) is 5.88 Å². The summed E-state index contributed by atoms with van der Waals surface area (Å²) >= 11 is 7.13. The van der Waals surface area contributed by atoms with Crippen molar-refractivity contribution in [1.82, 2.24) is 10.3 Å². The van der Waals surface area contributed by atoms with Crippen LogP contribution in [-0.4, -0.2) is 16.8 Å². The lowest BCUT2D eigenvalue weighted by molar-refractivity contribution is -0.121. The summed E-state index contributed by atoms with van der Waals surface area (Å²) in [5, 5.41) is 5.89. The highest BCUT2D eigenvalue weighted by Gasteiger charge is 2.11. The number of aryl methyl sites for hydroxylation is 1. The maximum atomic E-state index is 11.5. The Bertz CT molecular complexity index is 340. The first-order valence-electron chi connectivity index (χ1n) is 5.41. The molecule has 5 heteroatoms. The zero-order valence-electron chi connectivity index (χ0n) is 9.62. The number of carbonyl (C=O) groups excluding carboxylic acids is 1. The van der Waals surface area contributed by atoms with Gasteiger partial charge in [-0.15, -0.1) is 22.9 Å². The Hall–Kier alpha value is -0.610. The lowest BCUT2D eigenvalue weighted by atomic mass is 10.2. The Morgan fingerprint density at radius 1 is 1.62 bits per heavy atom. The van der Waals surface area contributed by atoms with Gasteiger partial charge in [0.15, 0.2) is 0 Å². The van der Waals surface area contributed by atoms with E-state index in [-0.39, 0.29) is 11.9 Å². The van der Waals surface area contributed by atoms with Crippen LogP contribution in [0.15, 0.2) is 5.38 Å². The molecule has 16 heavy (non-hydrogen) atoms. The topological polar surface area (TPSA) is 42.0 Å². The molecule has 0 aromatic carbocycles. The molecule has 0 aliphatic rings. The highest BCUT2D eigenvalue weighted by molar-refractivity contribution is 7.09. The van der Waals surface area contributed by atoms with Crippen LogP contribution >= 0.6 is 22.9 Å². The standard InChI is InChI=1S/C11H17ClN2OS/c1-8-7-16-11(13-8)9(2)14-10(15)5-3-4-6-12/h7,9H,3-6H2,1-2H3,(H,14,15). The van der Waals surface area contributed by atoms with Gasteiger partial charge in [0.05, 0.1) is 6.04 Å². The number of unbranched alkanes of at least 4 members (excludes halogenated alkanes) is 1. The normalized spacial score (nSPS) is 12.4. The maximum Gasteiger partial charge on any atom is 0.220 e. The third-order valence-corrected chi connectivity index (χ3v) is 3.58. The average Bonchev–Trinajstić information content (AvgIpc) is 2.65. The van der Waals surface area contributed by atoms with Crippen molar-refractivity contribution in [3.8, 4) is 0 Å². The van der Waals surface area contributed by atoms with Crippen LogP contribution < -0.4 is 5.32 Å². The molecule has 1 aromatic rings. The van der Waals surface area contributed by atoms with Gasteiger partial charge in [-0.05, 0) is 26.7 Å². The van der Waals surface area contributed by atoms with E-state index in [0.717, 1.165) is 23.5 Å². The first kappa shape index (κ1) is 13.5. The zero-order chi connectivity index (χ0) is 12.0. The van der Waals surface area contributed by atoms with Crippen LogP contribution in [0.2, 0.25) is 0 Å². The van der Waals surface area contributed by atoms with Crippen LogP contribution in [0.1, 0.15) is 42.9 Å². The molecule has 0 radical (unpaired) electrons. The molecule has 90 valence electrons. The number of alkyl halides is 1. The molecule has 1 N–H and O–H groups in total. The number of hydrogen-bond acceptors (Lipinski definition) is 3. The summed E-state index contributed by atoms with van der Waals surface area (Å²) in [6.07, 6.45) is 2.28. The highest BCUT2D eigenvalue weighted by Crippen LogP contribution is 2.17. The fourth-order valence-corrected chi connectivity index (χ4v) is 2.32. The number of rotatable bonds is 6. The smallest absolute Gasteiger partial charge is 0.220 e. The van der Waals surface area contributed by atoms with Gasteiger partial charge in [0.25, 0.3) is 0 Å². The monoisotopic (exact) mass is 260 g/mol. The van der Waals surface area contributed by atoms with Crippen LogP contribution in [0.25, 0.3) is 0 Å². The van der Waals surface area contributed by atoms with Crippen LogP contribution in [-0.2, 0) is 4.79 Å². The summed E-state index contributed by atoms with van der Waals surface area (Å²) < 4.78 is 0. The van der Waals surface area contributed by atoms with Gasteiger partial charge in [0, 0.05) is 23.4 Å². The van der Waals surface area contributed by atoms with Gasteiger partial charge in [0.2, 0.25) is 5.91 Å². The summed E-state index contributed by atoms with van der Waals surface area (Å²) in [7, 11) is 0. The Balaban J connectivity index is 2.33. The number of aromatic nitrogens is 1. The number of carbonyl (C=O) groups is 1. The number of nitrogens with one attached hydrogen (secondary N) is 1. The van der Waals surface area contributed by atoms with Crippen LogP contribution in [0.4, 0.5) is 0 Å². The van der Waals surface area contributed by atoms with E-state index >= 15 is 0 Å². The maximum absolute atomic E-state index is 11.5. The molecule has 0 spiro atoms. The third-order valence-electron chi connectivity index (χ3n) is 2.17. The number of nitrogens with zero attached hydrogens (tertiary/aromatic N) is 1. The van der Waals surface area contributed by atoms with E-state index in [0.29, 0.717) is 12.3 Å². The van der Waals surface area contributed by atoms with Crippen LogP contribution in [0.5, 0.6) is 0 Å². The molecule has 0 aliphatic heterocycles. The Morgan fingerprint density at radius 2 is 2.38 bits per heavy atom. The fourth-order valence-electron chi connectivity index (χ4n) is 1.33. The molecule has 0 saturated heterocycles. The van der Waals surface area contributed by atoms with Gasteiger partial charge in [-0.2, -0.15) is 0 Å². The quantitative estimate of drug-likeness (QED) is 0.631. The number of hydrogen-bond donors (Lipinski definition) is 1. The fraction of sp³-hybridized carbons (Fsp3) is 0.636. The molecule has 1 atom stereocenters. The molecule has 1 amide bonds. The summed E-state index contributed by atoms with van der Waals surface area (Å²) in [4.78, 5) is 15.9. The minimum absolute atomic E-state index is 0.00204. The van der Waals surface area contributed by atoms with Crippen molar-refractivity contribution < 1.29 is 4.79 Å². The predicted octanol–water partition coefficient (Wildman–Crippen LogP) is 3.04. The highest BCUT2D eigenvalue weighted by atomic mass is 35.5. The largest absolute Gasteiger partial charge is 0.347 e. The van der Waals surface area contributed by atoms with E-state index in [2.05, 4.69) is 10.3 Å². The van der Waals surface area contributed by atoms with Crippen LogP contribution in [0, 0.1) is 6.92 Å². The van der Waals surface area contributed by atoms with Crippen LogP contribution in [0.3, 0.4) is 0 Å². The van der Waals surface area contributed by atoms with Gasteiger partial charge < -0.3 is 5.32 Å². The van der Waals surface area contributed by atoms with Crippen molar-refractivity contribution in [2.45, 2.75) is 39.2 Å². The lowest BCUT2D eigenvalue weighted by Crippen LogP contribution is -2.26. The lowest BCUT2D eigenvalue weighted by Gasteiger charge is -2.10. The Labute approximate surface area is 105 Å². The molecular formula is C11H17ClN2OS. The molecule has 1 heterocycles. The summed E-state index contributed by atoms with van der Waals surface area (Å²) in [5.74, 6) is 0.694. The Morgan fingerprint density at radius 3 is 2.94 bits per heavy atom. The molecule has 0 fully saturated rings. The van der Waals surface area contributed by atoms with Crippen molar-refractivity contribution in [1.29, 1.82) is 0 Å². The molecule has 1 aromatic heterocycles. The van der Waals surface area contributed by atoms with Gasteiger partial charge >= 0.3 is 0 Å². The van der Waals surface area contributed by atoms with E-state index in [1.165, 1.54) is 0 Å². The molecule has 1 rings (SSSR count).